The van der Waals surface area contributed by atoms with Crippen LogP contribution in [0.3, 0.4) is 0 Å². The molecule has 0 fully saturated rings. The topological polar surface area (TPSA) is 61.8 Å². The number of rotatable bonds is 45. The summed E-state index contributed by atoms with van der Waals surface area (Å²) >= 11 is 0. The summed E-state index contributed by atoms with van der Waals surface area (Å²) in [5, 5.41) is 0. The van der Waals surface area contributed by atoms with Crippen LogP contribution in [-0.2, 0) is 23.8 Å². The average molecular weight is 811 g/mol. The molecule has 58 heavy (non-hydrogen) atoms. The van der Waals surface area contributed by atoms with E-state index in [2.05, 4.69) is 81.5 Å². The summed E-state index contributed by atoms with van der Waals surface area (Å²) in [5.74, 6) is -0.442. The molecule has 1 unspecified atom stereocenters. The standard InChI is InChI=1S/C53H94O5/c1-4-7-10-13-16-19-22-25-27-29-31-34-37-40-43-46-52(54)57-50-51(49-56-48-45-42-39-36-33-30-26-23-20-17-14-11-8-5-2)58-53(55)47-44-41-38-35-32-28-24-21-18-15-12-9-6-3/h7,10,16,19-20,23,25,27,31,34,51H,4-6,8-9,11-15,17-18,21-22,24,26,28-30,32-33,35-50H2,1-3H3/b10-7-,19-16-,23-20-,27-25-,34-31-. The van der Waals surface area contributed by atoms with Crippen LogP contribution < -0.4 is 0 Å². The number of hydrogen-bond donors (Lipinski definition) is 0. The second-order valence-corrected chi connectivity index (χ2v) is 16.3. The van der Waals surface area contributed by atoms with Gasteiger partial charge in [0, 0.05) is 19.4 Å². The van der Waals surface area contributed by atoms with Crippen LogP contribution in [-0.4, -0.2) is 37.9 Å². The maximum absolute atomic E-state index is 12.8. The summed E-state index contributed by atoms with van der Waals surface area (Å²) in [5.41, 5.74) is 0. The van der Waals surface area contributed by atoms with E-state index in [-0.39, 0.29) is 25.2 Å². The molecule has 0 bridgehead atoms. The first kappa shape index (κ1) is 55.6. The minimum atomic E-state index is -0.553. The van der Waals surface area contributed by atoms with Gasteiger partial charge in [-0.2, -0.15) is 0 Å². The van der Waals surface area contributed by atoms with Crippen LogP contribution in [0, 0.1) is 0 Å². The molecule has 0 rings (SSSR count). The van der Waals surface area contributed by atoms with Crippen LogP contribution in [0.25, 0.3) is 0 Å². The molecule has 5 nitrogen and oxygen atoms in total. The Bertz CT molecular complexity index is 1010. The van der Waals surface area contributed by atoms with E-state index >= 15 is 0 Å². The monoisotopic (exact) mass is 811 g/mol. The highest BCUT2D eigenvalue weighted by Gasteiger charge is 2.17. The molecular weight excluding hydrogens is 717 g/mol. The highest BCUT2D eigenvalue weighted by atomic mass is 16.6. The van der Waals surface area contributed by atoms with Crippen molar-refractivity contribution in [2.24, 2.45) is 0 Å². The van der Waals surface area contributed by atoms with Crippen LogP contribution in [0.2, 0.25) is 0 Å². The molecule has 0 N–H and O–H groups in total. The first-order valence-electron chi connectivity index (χ1n) is 24.8. The normalized spacial score (nSPS) is 12.7. The third kappa shape index (κ3) is 46.3. The highest BCUT2D eigenvalue weighted by molar-refractivity contribution is 5.70. The van der Waals surface area contributed by atoms with Crippen molar-refractivity contribution in [3.8, 4) is 0 Å². The summed E-state index contributed by atoms with van der Waals surface area (Å²) in [6.45, 7) is 7.66. The molecule has 0 aliphatic rings. The van der Waals surface area contributed by atoms with E-state index in [9.17, 15) is 9.59 Å². The van der Waals surface area contributed by atoms with Crippen LogP contribution >= 0.6 is 0 Å². The molecule has 1 atom stereocenters. The fraction of sp³-hybridized carbons (Fsp3) is 0.774. The van der Waals surface area contributed by atoms with Crippen molar-refractivity contribution < 1.29 is 23.8 Å². The molecule has 0 amide bonds. The Hall–Kier alpha value is -2.40. The van der Waals surface area contributed by atoms with E-state index in [1.807, 2.05) is 0 Å². The summed E-state index contributed by atoms with van der Waals surface area (Å²) in [7, 11) is 0. The van der Waals surface area contributed by atoms with E-state index in [4.69, 9.17) is 14.2 Å². The minimum Gasteiger partial charge on any atom is -0.462 e. The van der Waals surface area contributed by atoms with E-state index in [1.165, 1.54) is 135 Å². The molecule has 0 aromatic heterocycles. The number of carbonyl (C=O) groups excluding carboxylic acids is 2. The van der Waals surface area contributed by atoms with Crippen molar-refractivity contribution in [2.75, 3.05) is 19.8 Å². The van der Waals surface area contributed by atoms with Gasteiger partial charge in [0.1, 0.15) is 6.61 Å². The minimum absolute atomic E-state index is 0.0627. The van der Waals surface area contributed by atoms with Crippen molar-refractivity contribution in [3.63, 3.8) is 0 Å². The fourth-order valence-electron chi connectivity index (χ4n) is 6.85. The molecule has 0 aromatic rings. The lowest BCUT2D eigenvalue weighted by atomic mass is 10.0. The zero-order chi connectivity index (χ0) is 42.1. The zero-order valence-electron chi connectivity index (χ0n) is 38.6. The Morgan fingerprint density at radius 1 is 0.397 bits per heavy atom. The van der Waals surface area contributed by atoms with Gasteiger partial charge in [-0.15, -0.1) is 0 Å². The molecule has 0 saturated heterocycles. The van der Waals surface area contributed by atoms with Crippen molar-refractivity contribution >= 4 is 11.9 Å². The quantitative estimate of drug-likeness (QED) is 0.0348. The van der Waals surface area contributed by atoms with Crippen LogP contribution in [0.5, 0.6) is 0 Å². The highest BCUT2D eigenvalue weighted by Crippen LogP contribution is 2.14. The molecule has 0 aromatic carbocycles. The number of unbranched alkanes of at least 4 members (excludes halogenated alkanes) is 24. The smallest absolute Gasteiger partial charge is 0.306 e. The van der Waals surface area contributed by atoms with E-state index < -0.39 is 6.10 Å². The van der Waals surface area contributed by atoms with Gasteiger partial charge in [0.2, 0.25) is 0 Å². The zero-order valence-corrected chi connectivity index (χ0v) is 38.6. The third-order valence-corrected chi connectivity index (χ3v) is 10.5. The number of carbonyl (C=O) groups is 2. The SMILES string of the molecule is CC/C=C\C/C=C\C/C=C\C/C=C\CCCCC(=O)OCC(COCCCCCCCC/C=C\CCCCCC)OC(=O)CCCCCCCCCCCCCCC. The summed E-state index contributed by atoms with van der Waals surface area (Å²) < 4.78 is 17.3. The first-order valence-corrected chi connectivity index (χ1v) is 24.8. The first-order chi connectivity index (χ1) is 28.6. The Kier molecular flexibility index (Phi) is 46.9. The third-order valence-electron chi connectivity index (χ3n) is 10.5. The summed E-state index contributed by atoms with van der Waals surface area (Å²) in [6.07, 6.45) is 60.8. The molecule has 0 saturated carbocycles. The van der Waals surface area contributed by atoms with Gasteiger partial charge in [-0.1, -0.05) is 204 Å². The largest absolute Gasteiger partial charge is 0.462 e. The second-order valence-electron chi connectivity index (χ2n) is 16.3. The molecular formula is C53H94O5. The molecule has 336 valence electrons. The van der Waals surface area contributed by atoms with Crippen LogP contribution in [0.15, 0.2) is 60.8 Å². The number of esters is 2. The summed E-state index contributed by atoms with van der Waals surface area (Å²) in [6, 6.07) is 0. The van der Waals surface area contributed by atoms with Crippen LogP contribution in [0.4, 0.5) is 0 Å². The number of ether oxygens (including phenoxy) is 3. The van der Waals surface area contributed by atoms with E-state index in [1.54, 1.807) is 0 Å². The van der Waals surface area contributed by atoms with Gasteiger partial charge in [0.05, 0.1) is 6.61 Å². The Morgan fingerprint density at radius 3 is 1.31 bits per heavy atom. The Labute approximate surface area is 360 Å². The van der Waals surface area contributed by atoms with Crippen molar-refractivity contribution in [1.82, 2.24) is 0 Å². The lowest BCUT2D eigenvalue weighted by Gasteiger charge is -2.18. The molecule has 5 heteroatoms. The van der Waals surface area contributed by atoms with Gasteiger partial charge in [0.15, 0.2) is 6.10 Å². The number of hydrogen-bond acceptors (Lipinski definition) is 5. The van der Waals surface area contributed by atoms with Gasteiger partial charge < -0.3 is 14.2 Å². The lowest BCUT2D eigenvalue weighted by molar-refractivity contribution is -0.163. The molecule has 0 heterocycles. The van der Waals surface area contributed by atoms with Crippen molar-refractivity contribution in [3.05, 3.63) is 60.8 Å². The van der Waals surface area contributed by atoms with Gasteiger partial charge >= 0.3 is 11.9 Å². The van der Waals surface area contributed by atoms with Gasteiger partial charge in [-0.25, -0.2) is 0 Å². The van der Waals surface area contributed by atoms with Crippen molar-refractivity contribution in [2.45, 2.75) is 245 Å². The molecule has 0 aliphatic heterocycles. The van der Waals surface area contributed by atoms with E-state index in [0.29, 0.717) is 19.4 Å². The summed E-state index contributed by atoms with van der Waals surface area (Å²) in [4.78, 5) is 25.3. The Balaban J connectivity index is 4.33. The van der Waals surface area contributed by atoms with Crippen LogP contribution in [0.1, 0.15) is 239 Å². The lowest BCUT2D eigenvalue weighted by Crippen LogP contribution is -2.30. The second kappa shape index (κ2) is 49.0. The average Bonchev–Trinajstić information content (AvgIpc) is 3.22. The van der Waals surface area contributed by atoms with Gasteiger partial charge in [-0.3, -0.25) is 9.59 Å². The van der Waals surface area contributed by atoms with Gasteiger partial charge in [0.25, 0.3) is 0 Å². The van der Waals surface area contributed by atoms with Gasteiger partial charge in [-0.05, 0) is 83.5 Å². The Morgan fingerprint density at radius 2 is 0.776 bits per heavy atom. The molecule has 0 aliphatic carbocycles. The van der Waals surface area contributed by atoms with Crippen molar-refractivity contribution in [1.29, 1.82) is 0 Å². The maximum atomic E-state index is 12.8. The molecule has 0 radical (unpaired) electrons. The maximum Gasteiger partial charge on any atom is 0.306 e. The fourth-order valence-corrected chi connectivity index (χ4v) is 6.85. The molecule has 0 spiro atoms. The predicted octanol–water partition coefficient (Wildman–Crippen LogP) is 16.6. The number of allylic oxidation sites excluding steroid dienone is 10. The van der Waals surface area contributed by atoms with E-state index in [0.717, 1.165) is 70.6 Å². The predicted molar refractivity (Wildman–Crippen MR) is 251 cm³/mol.